The van der Waals surface area contributed by atoms with Crippen LogP contribution < -0.4 is 10.2 Å². The van der Waals surface area contributed by atoms with Gasteiger partial charge in [-0.15, -0.1) is 0 Å². The predicted molar refractivity (Wildman–Crippen MR) is 81.7 cm³/mol. The minimum absolute atomic E-state index is 0.0150. The van der Waals surface area contributed by atoms with E-state index in [9.17, 15) is 14.3 Å². The second kappa shape index (κ2) is 6.22. The van der Waals surface area contributed by atoms with Crippen molar-refractivity contribution in [2.45, 2.75) is 32.8 Å². The zero-order valence-corrected chi connectivity index (χ0v) is 13.4. The maximum absolute atomic E-state index is 14.5. The molecule has 1 unspecified atom stereocenters. The van der Waals surface area contributed by atoms with E-state index in [2.05, 4.69) is 10.5 Å². The molecule has 1 aliphatic heterocycles. The van der Waals surface area contributed by atoms with Gasteiger partial charge in [0.15, 0.2) is 5.82 Å². The van der Waals surface area contributed by atoms with Crippen molar-refractivity contribution < 1.29 is 19.0 Å². The molecule has 0 fully saturated rings. The minimum atomic E-state index is -1.05. The number of carbonyl (C=O) groups is 1. The summed E-state index contributed by atoms with van der Waals surface area (Å²) in [5, 5.41) is 13.4. The fourth-order valence-electron chi connectivity index (χ4n) is 2.07. The van der Waals surface area contributed by atoms with Gasteiger partial charge >= 0.3 is 0 Å². The third-order valence-electron chi connectivity index (χ3n) is 3.16. The third-order valence-corrected chi connectivity index (χ3v) is 3.52. The van der Waals surface area contributed by atoms with E-state index in [1.807, 2.05) is 0 Å². The highest BCUT2D eigenvalue weighted by Crippen LogP contribution is 2.32. The highest BCUT2D eigenvalue weighted by Gasteiger charge is 2.26. The predicted octanol–water partition coefficient (Wildman–Crippen LogP) is 2.49. The molecule has 0 aliphatic carbocycles. The summed E-state index contributed by atoms with van der Waals surface area (Å²) in [6.45, 7) is 4.93. The lowest BCUT2D eigenvalue weighted by atomic mass is 9.94. The average molecular weight is 329 g/mol. The van der Waals surface area contributed by atoms with Gasteiger partial charge in [0.2, 0.25) is 5.91 Å². The van der Waals surface area contributed by atoms with Crippen molar-refractivity contribution in [3.8, 4) is 5.75 Å². The summed E-state index contributed by atoms with van der Waals surface area (Å²) in [5.41, 5.74) is 1.96. The smallest absolute Gasteiger partial charge is 0.240 e. The summed E-state index contributed by atoms with van der Waals surface area (Å²) < 4.78 is 19.8. The molecule has 1 heterocycles. The second-order valence-electron chi connectivity index (χ2n) is 5.98. The number of nitrogens with one attached hydrogen (secondary N) is 1. The Balaban J connectivity index is 2.29. The van der Waals surface area contributed by atoms with Gasteiger partial charge in [0, 0.05) is 17.9 Å². The van der Waals surface area contributed by atoms with Crippen molar-refractivity contribution in [1.29, 1.82) is 0 Å². The van der Waals surface area contributed by atoms with Crippen molar-refractivity contribution in [2.24, 2.45) is 11.0 Å². The van der Waals surface area contributed by atoms with Crippen LogP contribution in [0.2, 0.25) is 5.02 Å². The Bertz CT molecular complexity index is 626. The SMILES string of the molecule is CC1CC(=O)NN=C1c1ccc(OCC(C)(C)O)c(Cl)c1F. The number of hydrogen-bond acceptors (Lipinski definition) is 4. The first-order valence-corrected chi connectivity index (χ1v) is 7.27. The molecule has 0 radical (unpaired) electrons. The lowest BCUT2D eigenvalue weighted by Gasteiger charge is -2.21. The van der Waals surface area contributed by atoms with Crippen LogP contribution in [0.25, 0.3) is 0 Å². The highest BCUT2D eigenvalue weighted by molar-refractivity contribution is 6.32. The Hall–Kier alpha value is -1.66. The first-order chi connectivity index (χ1) is 10.2. The maximum atomic E-state index is 14.5. The van der Waals surface area contributed by atoms with Crippen LogP contribution in [0.5, 0.6) is 5.75 Å². The standard InChI is InChI=1S/C15H18ClFN2O3/c1-8-6-11(20)18-19-14(8)9-4-5-10(12(16)13(9)17)22-7-15(2,3)21/h4-5,8,21H,6-7H2,1-3H3,(H,18,20). The monoisotopic (exact) mass is 328 g/mol. The van der Waals surface area contributed by atoms with E-state index in [4.69, 9.17) is 16.3 Å². The summed E-state index contributed by atoms with van der Waals surface area (Å²) in [6, 6.07) is 3.03. The van der Waals surface area contributed by atoms with Crippen LogP contribution >= 0.6 is 11.6 Å². The van der Waals surface area contributed by atoms with E-state index >= 15 is 0 Å². The number of rotatable bonds is 4. The Labute approximate surface area is 133 Å². The third kappa shape index (κ3) is 3.75. The molecule has 0 bridgehead atoms. The fourth-order valence-corrected chi connectivity index (χ4v) is 2.29. The molecule has 1 aromatic rings. The molecule has 2 rings (SSSR count). The van der Waals surface area contributed by atoms with Crippen molar-refractivity contribution in [3.63, 3.8) is 0 Å². The zero-order valence-electron chi connectivity index (χ0n) is 12.6. The Kier molecular flexibility index (Phi) is 4.72. The molecule has 0 spiro atoms. The van der Waals surface area contributed by atoms with Crippen LogP contribution in [0.4, 0.5) is 4.39 Å². The number of hydrazone groups is 1. The summed E-state index contributed by atoms with van der Waals surface area (Å²) in [4.78, 5) is 11.3. The van der Waals surface area contributed by atoms with Crippen LogP contribution in [-0.2, 0) is 4.79 Å². The van der Waals surface area contributed by atoms with Gasteiger partial charge in [-0.3, -0.25) is 4.79 Å². The Morgan fingerprint density at radius 3 is 2.82 bits per heavy atom. The molecule has 1 atom stereocenters. The number of hydrogen-bond donors (Lipinski definition) is 2. The van der Waals surface area contributed by atoms with E-state index in [1.165, 1.54) is 12.1 Å². The van der Waals surface area contributed by atoms with E-state index in [0.717, 1.165) is 0 Å². The Morgan fingerprint density at radius 1 is 1.55 bits per heavy atom. The number of ether oxygens (including phenoxy) is 1. The van der Waals surface area contributed by atoms with E-state index < -0.39 is 11.4 Å². The zero-order chi connectivity index (χ0) is 16.5. The van der Waals surface area contributed by atoms with Gasteiger partial charge in [-0.05, 0) is 26.0 Å². The fraction of sp³-hybridized carbons (Fsp3) is 0.467. The van der Waals surface area contributed by atoms with E-state index in [-0.39, 0.29) is 41.2 Å². The van der Waals surface area contributed by atoms with Crippen molar-refractivity contribution in [1.82, 2.24) is 5.43 Å². The van der Waals surface area contributed by atoms with Gasteiger partial charge in [0.05, 0.1) is 11.3 Å². The molecule has 5 nitrogen and oxygen atoms in total. The van der Waals surface area contributed by atoms with Gasteiger partial charge in [0.25, 0.3) is 0 Å². The summed E-state index contributed by atoms with van der Waals surface area (Å²) in [7, 11) is 0. The lowest BCUT2D eigenvalue weighted by Crippen LogP contribution is -2.32. The van der Waals surface area contributed by atoms with Crippen molar-refractivity contribution in [3.05, 3.63) is 28.5 Å². The van der Waals surface area contributed by atoms with Gasteiger partial charge in [-0.1, -0.05) is 18.5 Å². The molecular weight excluding hydrogens is 311 g/mol. The topological polar surface area (TPSA) is 70.9 Å². The van der Waals surface area contributed by atoms with Crippen molar-refractivity contribution in [2.75, 3.05) is 6.61 Å². The quantitative estimate of drug-likeness (QED) is 0.892. The van der Waals surface area contributed by atoms with Gasteiger partial charge in [0.1, 0.15) is 17.4 Å². The molecule has 0 aromatic heterocycles. The van der Waals surface area contributed by atoms with Gasteiger partial charge < -0.3 is 9.84 Å². The number of nitrogens with zero attached hydrogens (tertiary/aromatic N) is 1. The highest BCUT2D eigenvalue weighted by atomic mass is 35.5. The summed E-state index contributed by atoms with van der Waals surface area (Å²) >= 11 is 6.00. The lowest BCUT2D eigenvalue weighted by molar-refractivity contribution is -0.121. The molecular formula is C15H18ClFN2O3. The molecule has 7 heteroatoms. The molecule has 22 heavy (non-hydrogen) atoms. The molecule has 0 saturated heterocycles. The summed E-state index contributed by atoms with van der Waals surface area (Å²) in [6.07, 6.45) is 0.243. The van der Waals surface area contributed by atoms with Gasteiger partial charge in [-0.25, -0.2) is 9.82 Å². The normalized spacial score (nSPS) is 18.7. The first kappa shape index (κ1) is 16.7. The maximum Gasteiger partial charge on any atom is 0.240 e. The van der Waals surface area contributed by atoms with Crippen LogP contribution in [0, 0.1) is 11.7 Å². The molecule has 120 valence electrons. The van der Waals surface area contributed by atoms with Crippen LogP contribution in [0.15, 0.2) is 17.2 Å². The first-order valence-electron chi connectivity index (χ1n) is 6.89. The number of halogens is 2. The number of benzene rings is 1. The van der Waals surface area contributed by atoms with E-state index in [1.54, 1.807) is 20.8 Å². The number of aliphatic hydroxyl groups is 1. The molecule has 1 amide bonds. The second-order valence-corrected chi connectivity index (χ2v) is 6.36. The van der Waals surface area contributed by atoms with Gasteiger partial charge in [-0.2, -0.15) is 5.10 Å². The summed E-state index contributed by atoms with van der Waals surface area (Å²) in [5.74, 6) is -0.912. The Morgan fingerprint density at radius 2 is 2.23 bits per heavy atom. The van der Waals surface area contributed by atoms with Crippen LogP contribution in [0.3, 0.4) is 0 Å². The van der Waals surface area contributed by atoms with Crippen molar-refractivity contribution >= 4 is 23.2 Å². The largest absolute Gasteiger partial charge is 0.489 e. The number of carbonyl (C=O) groups excluding carboxylic acids is 1. The molecule has 0 saturated carbocycles. The molecule has 1 aromatic carbocycles. The molecule has 2 N–H and O–H groups in total. The number of amides is 1. The van der Waals surface area contributed by atoms with Crippen LogP contribution in [-0.4, -0.2) is 28.9 Å². The minimum Gasteiger partial charge on any atom is -0.489 e. The van der Waals surface area contributed by atoms with E-state index in [0.29, 0.717) is 5.71 Å². The molecule has 1 aliphatic rings. The van der Waals surface area contributed by atoms with Crippen LogP contribution in [0.1, 0.15) is 32.8 Å². The average Bonchev–Trinajstić information content (AvgIpc) is 2.40.